The SMILES string of the molecule is O=C1NCCN1c1nnc(-c2ccccc2Cc2ccc(C(F)(F)F)cc2)o1. The largest absolute Gasteiger partial charge is 0.416 e. The number of urea groups is 1. The summed E-state index contributed by atoms with van der Waals surface area (Å²) < 4.78 is 43.9. The summed E-state index contributed by atoms with van der Waals surface area (Å²) in [6.45, 7) is 0.939. The zero-order chi connectivity index (χ0) is 19.7. The van der Waals surface area contributed by atoms with E-state index < -0.39 is 11.7 Å². The molecule has 1 saturated heterocycles. The van der Waals surface area contributed by atoms with Crippen molar-refractivity contribution in [1.29, 1.82) is 0 Å². The number of benzene rings is 2. The summed E-state index contributed by atoms with van der Waals surface area (Å²) in [5.74, 6) is 0.247. The van der Waals surface area contributed by atoms with Crippen LogP contribution in [0.25, 0.3) is 11.5 Å². The molecule has 0 spiro atoms. The van der Waals surface area contributed by atoms with Crippen LogP contribution in [-0.2, 0) is 12.6 Å². The Hall–Kier alpha value is -3.36. The van der Waals surface area contributed by atoms with Crippen molar-refractivity contribution in [3.05, 3.63) is 65.2 Å². The lowest BCUT2D eigenvalue weighted by Crippen LogP contribution is -2.27. The third-order valence-corrected chi connectivity index (χ3v) is 4.43. The molecule has 28 heavy (non-hydrogen) atoms. The van der Waals surface area contributed by atoms with E-state index in [1.165, 1.54) is 17.0 Å². The molecule has 1 aromatic heterocycles. The third-order valence-electron chi connectivity index (χ3n) is 4.43. The van der Waals surface area contributed by atoms with Crippen molar-refractivity contribution in [1.82, 2.24) is 15.5 Å². The highest BCUT2D eigenvalue weighted by Gasteiger charge is 2.30. The van der Waals surface area contributed by atoms with E-state index in [0.29, 0.717) is 25.1 Å². The molecule has 144 valence electrons. The monoisotopic (exact) mass is 388 g/mol. The summed E-state index contributed by atoms with van der Waals surface area (Å²) in [7, 11) is 0. The molecule has 1 aliphatic heterocycles. The first-order valence-electron chi connectivity index (χ1n) is 8.55. The van der Waals surface area contributed by atoms with Crippen LogP contribution in [0.15, 0.2) is 52.9 Å². The van der Waals surface area contributed by atoms with Crippen LogP contribution in [0.4, 0.5) is 24.0 Å². The fourth-order valence-corrected chi connectivity index (χ4v) is 3.00. The van der Waals surface area contributed by atoms with E-state index in [1.54, 1.807) is 12.1 Å². The smallest absolute Gasteiger partial charge is 0.403 e. The van der Waals surface area contributed by atoms with Crippen LogP contribution in [0, 0.1) is 0 Å². The fraction of sp³-hybridized carbons (Fsp3) is 0.211. The van der Waals surface area contributed by atoms with E-state index >= 15 is 0 Å². The van der Waals surface area contributed by atoms with Crippen LogP contribution < -0.4 is 10.2 Å². The van der Waals surface area contributed by atoms with Crippen LogP contribution in [-0.4, -0.2) is 29.3 Å². The van der Waals surface area contributed by atoms with Gasteiger partial charge >= 0.3 is 18.2 Å². The molecule has 2 heterocycles. The van der Waals surface area contributed by atoms with Gasteiger partial charge in [0.15, 0.2) is 0 Å². The standard InChI is InChI=1S/C19H15F3N4O2/c20-19(21,22)14-7-5-12(6-8-14)11-13-3-1-2-4-15(13)16-24-25-18(28-16)26-10-9-23-17(26)27/h1-8H,9-11H2,(H,23,27). The van der Waals surface area contributed by atoms with E-state index in [1.807, 2.05) is 12.1 Å². The van der Waals surface area contributed by atoms with Crippen molar-refractivity contribution in [3.63, 3.8) is 0 Å². The molecule has 0 saturated carbocycles. The normalized spacial score (nSPS) is 14.4. The molecule has 3 aromatic rings. The highest BCUT2D eigenvalue weighted by Crippen LogP contribution is 2.31. The topological polar surface area (TPSA) is 71.3 Å². The van der Waals surface area contributed by atoms with Crippen molar-refractivity contribution < 1.29 is 22.4 Å². The minimum absolute atomic E-state index is 0.106. The van der Waals surface area contributed by atoms with E-state index in [-0.39, 0.29) is 17.9 Å². The van der Waals surface area contributed by atoms with Gasteiger partial charge in [-0.15, -0.1) is 5.10 Å². The summed E-state index contributed by atoms with van der Waals surface area (Å²) in [4.78, 5) is 13.1. The first-order chi connectivity index (χ1) is 13.4. The molecule has 1 aliphatic rings. The second-order valence-corrected chi connectivity index (χ2v) is 6.30. The summed E-state index contributed by atoms with van der Waals surface area (Å²) in [6, 6.07) is 12.1. The molecule has 0 bridgehead atoms. The van der Waals surface area contributed by atoms with Crippen molar-refractivity contribution in [2.45, 2.75) is 12.6 Å². The Morgan fingerprint density at radius 2 is 1.82 bits per heavy atom. The molecule has 9 heteroatoms. The number of nitrogens with one attached hydrogen (secondary N) is 1. The van der Waals surface area contributed by atoms with Gasteiger partial charge in [0.2, 0.25) is 5.89 Å². The van der Waals surface area contributed by atoms with Crippen molar-refractivity contribution in [2.24, 2.45) is 0 Å². The maximum Gasteiger partial charge on any atom is 0.416 e. The summed E-state index contributed by atoms with van der Waals surface area (Å²) in [5, 5.41) is 10.6. The number of hydrogen-bond donors (Lipinski definition) is 1. The average Bonchev–Trinajstić information content (AvgIpc) is 3.31. The number of nitrogens with zero attached hydrogens (tertiary/aromatic N) is 3. The third kappa shape index (κ3) is 3.55. The molecule has 1 N–H and O–H groups in total. The summed E-state index contributed by atoms with van der Waals surface area (Å²) in [6.07, 6.45) is -3.96. The maximum atomic E-state index is 12.7. The lowest BCUT2D eigenvalue weighted by Gasteiger charge is -2.10. The van der Waals surface area contributed by atoms with E-state index in [4.69, 9.17) is 4.42 Å². The highest BCUT2D eigenvalue weighted by molar-refractivity contribution is 5.91. The first-order valence-corrected chi connectivity index (χ1v) is 8.55. The van der Waals surface area contributed by atoms with Gasteiger partial charge in [-0.2, -0.15) is 13.2 Å². The number of halogens is 3. The van der Waals surface area contributed by atoms with Gasteiger partial charge in [0, 0.05) is 18.7 Å². The summed E-state index contributed by atoms with van der Waals surface area (Å²) in [5.41, 5.74) is 1.53. The van der Waals surface area contributed by atoms with Gasteiger partial charge in [-0.25, -0.2) is 9.69 Å². The van der Waals surface area contributed by atoms with Gasteiger partial charge in [0.25, 0.3) is 0 Å². The zero-order valence-corrected chi connectivity index (χ0v) is 14.5. The number of hydrogen-bond acceptors (Lipinski definition) is 4. The predicted octanol–water partition coefficient (Wildman–Crippen LogP) is 3.88. The molecular formula is C19H15F3N4O2. The van der Waals surface area contributed by atoms with Gasteiger partial charge < -0.3 is 9.73 Å². The fourth-order valence-electron chi connectivity index (χ4n) is 3.00. The van der Waals surface area contributed by atoms with Crippen LogP contribution in [0.5, 0.6) is 0 Å². The van der Waals surface area contributed by atoms with Gasteiger partial charge in [-0.1, -0.05) is 35.4 Å². The molecule has 4 rings (SSSR count). The molecular weight excluding hydrogens is 373 g/mol. The number of rotatable bonds is 4. The minimum Gasteiger partial charge on any atom is -0.403 e. The highest BCUT2D eigenvalue weighted by atomic mass is 19.4. The van der Waals surface area contributed by atoms with Crippen molar-refractivity contribution in [2.75, 3.05) is 18.0 Å². The van der Waals surface area contributed by atoms with E-state index in [0.717, 1.165) is 23.3 Å². The Bertz CT molecular complexity index is 999. The molecule has 6 nitrogen and oxygen atoms in total. The Morgan fingerprint density at radius 3 is 2.50 bits per heavy atom. The Labute approximate surface area is 158 Å². The number of carbonyl (C=O) groups excluding carboxylic acids is 1. The molecule has 2 aromatic carbocycles. The summed E-state index contributed by atoms with van der Waals surface area (Å²) >= 11 is 0. The zero-order valence-electron chi connectivity index (χ0n) is 14.5. The van der Waals surface area contributed by atoms with Crippen LogP contribution >= 0.6 is 0 Å². The Balaban J connectivity index is 1.59. The molecule has 0 radical (unpaired) electrons. The Morgan fingerprint density at radius 1 is 1.07 bits per heavy atom. The lowest BCUT2D eigenvalue weighted by atomic mass is 9.99. The number of carbonyl (C=O) groups is 1. The number of anilines is 1. The second kappa shape index (κ2) is 6.99. The average molecular weight is 388 g/mol. The Kier molecular flexibility index (Phi) is 4.50. The molecule has 0 atom stereocenters. The number of amides is 2. The van der Waals surface area contributed by atoms with Gasteiger partial charge in [0.05, 0.1) is 5.56 Å². The molecule has 1 fully saturated rings. The lowest BCUT2D eigenvalue weighted by molar-refractivity contribution is -0.137. The minimum atomic E-state index is -4.36. The first kappa shape index (κ1) is 18.0. The van der Waals surface area contributed by atoms with Crippen LogP contribution in [0.3, 0.4) is 0 Å². The van der Waals surface area contributed by atoms with Gasteiger partial charge in [-0.3, -0.25) is 0 Å². The maximum absolute atomic E-state index is 12.7. The number of aromatic nitrogens is 2. The van der Waals surface area contributed by atoms with Crippen molar-refractivity contribution in [3.8, 4) is 11.5 Å². The molecule has 0 aliphatic carbocycles. The molecule has 2 amide bonds. The quantitative estimate of drug-likeness (QED) is 0.737. The van der Waals surface area contributed by atoms with Crippen molar-refractivity contribution >= 4 is 12.0 Å². The van der Waals surface area contributed by atoms with Crippen LogP contribution in [0.1, 0.15) is 16.7 Å². The van der Waals surface area contributed by atoms with Gasteiger partial charge in [0.1, 0.15) is 0 Å². The van der Waals surface area contributed by atoms with E-state index in [9.17, 15) is 18.0 Å². The number of alkyl halides is 3. The molecule has 0 unspecified atom stereocenters. The van der Waals surface area contributed by atoms with Gasteiger partial charge in [-0.05, 0) is 35.7 Å². The van der Waals surface area contributed by atoms with Crippen LogP contribution in [0.2, 0.25) is 0 Å². The second-order valence-electron chi connectivity index (χ2n) is 6.30. The predicted molar refractivity (Wildman–Crippen MR) is 94.7 cm³/mol. The van der Waals surface area contributed by atoms with E-state index in [2.05, 4.69) is 15.5 Å².